The average Bonchev–Trinajstić information content (AvgIpc) is 3.76. The Kier molecular flexibility index (Phi) is 17.0. The summed E-state index contributed by atoms with van der Waals surface area (Å²) in [6, 6.07) is 15.1. The molecule has 2 fully saturated rings. The molecule has 0 bridgehead atoms. The highest BCUT2D eigenvalue weighted by Crippen LogP contribution is 2.17. The summed E-state index contributed by atoms with van der Waals surface area (Å²) in [6.07, 6.45) is 4.77. The predicted octanol–water partition coefficient (Wildman–Crippen LogP) is 0.652. The van der Waals surface area contributed by atoms with E-state index in [1.165, 1.54) is 0 Å². The van der Waals surface area contributed by atoms with Crippen LogP contribution >= 0.6 is 11.8 Å². The van der Waals surface area contributed by atoms with Crippen molar-refractivity contribution in [1.82, 2.24) is 26.6 Å². The number of nitrogens with two attached hydrogens (primary N) is 2. The minimum Gasteiger partial charge on any atom is -0.368 e. The van der Waals surface area contributed by atoms with Crippen LogP contribution in [0.3, 0.4) is 0 Å². The first-order chi connectivity index (χ1) is 25.2. The molecule has 2 aromatic carbocycles. The van der Waals surface area contributed by atoms with Gasteiger partial charge in [0.2, 0.25) is 35.4 Å². The number of carbonyl (C=O) groups excluding carboxylic acids is 7. The van der Waals surface area contributed by atoms with E-state index in [0.717, 1.165) is 17.5 Å². The summed E-state index contributed by atoms with van der Waals surface area (Å²) in [7, 11) is 0. The van der Waals surface area contributed by atoms with Gasteiger partial charge in [-0.25, -0.2) is 0 Å². The first-order valence-electron chi connectivity index (χ1n) is 17.9. The Morgan fingerprint density at radius 2 is 1.47 bits per heavy atom. The number of amides is 6. The molecule has 14 nitrogen and oxygen atoms in total. The van der Waals surface area contributed by atoms with E-state index in [0.29, 0.717) is 43.9 Å². The number of thioether (sulfide) groups is 1. The minimum atomic E-state index is -1.47. The number of rotatable bonds is 18. The highest BCUT2D eigenvalue weighted by molar-refractivity contribution is 7.98. The maximum atomic E-state index is 13.5. The summed E-state index contributed by atoms with van der Waals surface area (Å²) in [5, 5.41) is 13.6. The Morgan fingerprint density at radius 3 is 1.94 bits per heavy atom. The molecule has 9 N–H and O–H groups in total. The largest absolute Gasteiger partial charge is 0.368 e. The molecule has 0 spiro atoms. The lowest BCUT2D eigenvalue weighted by atomic mass is 9.87. The monoisotopic (exact) mass is 751 g/mol. The molecule has 2 saturated heterocycles. The number of carbonyl (C=O) groups is 7. The van der Waals surface area contributed by atoms with E-state index in [9.17, 15) is 33.6 Å². The van der Waals surface area contributed by atoms with E-state index < -0.39 is 53.3 Å². The molecule has 15 heteroatoms. The first-order valence-corrected chi connectivity index (χ1v) is 19.3. The quantitative estimate of drug-likeness (QED) is 0.106. The highest BCUT2D eigenvalue weighted by atomic mass is 32.2. The van der Waals surface area contributed by atoms with Gasteiger partial charge in [0.25, 0.3) is 0 Å². The van der Waals surface area contributed by atoms with Crippen LogP contribution in [0.1, 0.15) is 63.5 Å². The van der Waals surface area contributed by atoms with E-state index in [1.54, 1.807) is 11.8 Å². The second-order valence-corrected chi connectivity index (χ2v) is 14.7. The smallest absolute Gasteiger partial charge is 0.245 e. The van der Waals surface area contributed by atoms with Crippen LogP contribution in [0.25, 0.3) is 0 Å². The van der Waals surface area contributed by atoms with Crippen molar-refractivity contribution in [2.75, 3.05) is 18.6 Å². The molecule has 53 heavy (non-hydrogen) atoms. The maximum Gasteiger partial charge on any atom is 0.245 e. The average molecular weight is 752 g/mol. The summed E-state index contributed by atoms with van der Waals surface area (Å²) in [5.74, 6) is -1.80. The minimum absolute atomic E-state index is 0.198. The third-order valence-corrected chi connectivity index (χ3v) is 9.71. The number of benzene rings is 2. The van der Waals surface area contributed by atoms with Crippen LogP contribution in [0, 0.1) is 5.92 Å². The summed E-state index contributed by atoms with van der Waals surface area (Å²) in [4.78, 5) is 86.3. The lowest BCUT2D eigenvalue weighted by molar-refractivity contribution is -0.134. The van der Waals surface area contributed by atoms with Crippen LogP contribution in [0.15, 0.2) is 60.7 Å². The van der Waals surface area contributed by atoms with Crippen molar-refractivity contribution >= 4 is 53.0 Å². The standard InChI is InChI=1S/C27H31N5O5.C11H22N2O2S/c33-23-12-11-19(29-23)25(35)31-22(16-18-9-5-2-6-10-18)27(37)32-21(15-17-7-3-1-4-8-17)26(36)30-20-13-14-28-24(20)34;1-8(2)4-5-9(14)11(13,10(12)15)6-7-16-3/h1-10,19-22H,11-16H2,(H,28,34)(H,29,33)(H,30,36)(H,31,35)(H,32,37);8H,4-7,13H2,1-3H3,(H2,12,15)/t19?,20-,21+,22?;/m1./s1. The topological polar surface area (TPSA) is 232 Å². The molecule has 2 heterocycles. The van der Waals surface area contributed by atoms with Gasteiger partial charge >= 0.3 is 0 Å². The van der Waals surface area contributed by atoms with Gasteiger partial charge in [-0.2, -0.15) is 11.8 Å². The molecule has 2 aliphatic heterocycles. The molecule has 3 unspecified atom stereocenters. The van der Waals surface area contributed by atoms with E-state index in [-0.39, 0.29) is 36.9 Å². The van der Waals surface area contributed by atoms with Crippen LogP contribution in [-0.4, -0.2) is 89.5 Å². The molecule has 4 rings (SSSR count). The van der Waals surface area contributed by atoms with Crippen molar-refractivity contribution in [3.63, 3.8) is 0 Å². The number of primary amides is 1. The molecule has 5 atom stereocenters. The Bertz CT molecular complexity index is 1580. The third kappa shape index (κ3) is 13.6. The first kappa shape index (κ1) is 42.7. The van der Waals surface area contributed by atoms with E-state index in [4.69, 9.17) is 11.5 Å². The summed E-state index contributed by atoms with van der Waals surface area (Å²) < 4.78 is 0. The predicted molar refractivity (Wildman–Crippen MR) is 203 cm³/mol. The lowest BCUT2D eigenvalue weighted by Gasteiger charge is -2.25. The van der Waals surface area contributed by atoms with Crippen molar-refractivity contribution in [3.8, 4) is 0 Å². The molecule has 2 aromatic rings. The Labute approximate surface area is 315 Å². The number of hydrogen-bond donors (Lipinski definition) is 7. The second kappa shape index (κ2) is 21.1. The van der Waals surface area contributed by atoms with Crippen molar-refractivity contribution in [2.45, 2.75) is 94.9 Å². The van der Waals surface area contributed by atoms with Crippen molar-refractivity contribution in [2.24, 2.45) is 17.4 Å². The number of hydrogen-bond acceptors (Lipinski definition) is 9. The normalized spacial score (nSPS) is 18.7. The summed E-state index contributed by atoms with van der Waals surface area (Å²) in [5.41, 5.74) is 11.2. The maximum absolute atomic E-state index is 13.5. The van der Waals surface area contributed by atoms with Gasteiger partial charge in [0.05, 0.1) is 0 Å². The molecule has 6 amide bonds. The fraction of sp³-hybridized carbons (Fsp3) is 0.500. The Hall–Kier alpha value is -4.76. The summed E-state index contributed by atoms with van der Waals surface area (Å²) in [6.45, 7) is 4.53. The number of nitrogens with one attached hydrogen (secondary N) is 5. The molecule has 0 radical (unpaired) electrons. The molecule has 288 valence electrons. The molecule has 0 aliphatic carbocycles. The van der Waals surface area contributed by atoms with Crippen molar-refractivity contribution in [3.05, 3.63) is 71.8 Å². The van der Waals surface area contributed by atoms with Gasteiger partial charge in [-0.1, -0.05) is 74.5 Å². The van der Waals surface area contributed by atoms with Gasteiger partial charge < -0.3 is 38.1 Å². The van der Waals surface area contributed by atoms with Crippen LogP contribution in [0.2, 0.25) is 0 Å². The van der Waals surface area contributed by atoms with Gasteiger partial charge in [0.1, 0.15) is 24.2 Å². The molecule has 0 saturated carbocycles. The highest BCUT2D eigenvalue weighted by Gasteiger charge is 2.39. The zero-order chi connectivity index (χ0) is 39.0. The third-order valence-electron chi connectivity index (χ3n) is 9.09. The second-order valence-electron chi connectivity index (χ2n) is 13.7. The van der Waals surface area contributed by atoms with Gasteiger partial charge in [0.15, 0.2) is 11.3 Å². The van der Waals surface area contributed by atoms with E-state index >= 15 is 0 Å². The van der Waals surface area contributed by atoms with Crippen LogP contribution < -0.4 is 38.1 Å². The lowest BCUT2D eigenvalue weighted by Crippen LogP contribution is -2.58. The molecular formula is C38H53N7O7S. The SMILES string of the molecule is CSCCC(N)(C(N)=O)C(=O)CCC(C)C.O=C1CCC(C(=O)NC(Cc2ccccc2)C(=O)N[C@@H](Cc2ccccc2)C(=O)N[C@@H]2CCNC2=O)N1. The van der Waals surface area contributed by atoms with Crippen molar-refractivity contribution < 1.29 is 33.6 Å². The Morgan fingerprint density at radius 1 is 0.887 bits per heavy atom. The number of Topliss-reactive ketones (excluding diaryl/α,β-unsaturated/α-hetero) is 1. The van der Waals surface area contributed by atoms with Crippen molar-refractivity contribution in [1.29, 1.82) is 0 Å². The van der Waals surface area contributed by atoms with Crippen LogP contribution in [0.4, 0.5) is 0 Å². The molecule has 0 aromatic heterocycles. The molecule has 2 aliphatic rings. The zero-order valence-electron chi connectivity index (χ0n) is 30.7. The molecular weight excluding hydrogens is 699 g/mol. The van der Waals surface area contributed by atoms with Gasteiger partial charge in [-0.05, 0) is 54.7 Å². The van der Waals surface area contributed by atoms with Gasteiger partial charge in [-0.3, -0.25) is 33.6 Å². The zero-order valence-corrected chi connectivity index (χ0v) is 31.5. The fourth-order valence-electron chi connectivity index (χ4n) is 5.78. The van der Waals surface area contributed by atoms with Crippen LogP contribution in [0.5, 0.6) is 0 Å². The van der Waals surface area contributed by atoms with E-state index in [1.807, 2.05) is 80.8 Å². The fourth-order valence-corrected chi connectivity index (χ4v) is 6.31. The van der Waals surface area contributed by atoms with E-state index in [2.05, 4.69) is 26.6 Å². The van der Waals surface area contributed by atoms with Gasteiger partial charge in [0, 0.05) is 32.2 Å². The van der Waals surface area contributed by atoms with Gasteiger partial charge in [-0.15, -0.1) is 0 Å². The van der Waals surface area contributed by atoms with Crippen LogP contribution in [-0.2, 0) is 46.4 Å². The Balaban J connectivity index is 0.000000399. The number of ketones is 1. The summed E-state index contributed by atoms with van der Waals surface area (Å²) >= 11 is 1.55.